The summed E-state index contributed by atoms with van der Waals surface area (Å²) < 4.78 is 41.1. The Balaban J connectivity index is 0.00000289. The molecule has 1 saturated heterocycles. The van der Waals surface area contributed by atoms with E-state index in [2.05, 4.69) is 20.2 Å². The van der Waals surface area contributed by atoms with Crippen molar-refractivity contribution in [2.75, 3.05) is 18.0 Å². The molecule has 0 aliphatic carbocycles. The van der Waals surface area contributed by atoms with Crippen molar-refractivity contribution in [2.45, 2.75) is 19.1 Å². The minimum Gasteiger partial charge on any atom is -0.478 e. The van der Waals surface area contributed by atoms with Gasteiger partial charge in [0.1, 0.15) is 5.52 Å². The highest BCUT2D eigenvalue weighted by molar-refractivity contribution is 7.59. The van der Waals surface area contributed by atoms with E-state index in [1.54, 1.807) is 4.68 Å². The first-order valence-electron chi connectivity index (χ1n) is 10.4. The first-order chi connectivity index (χ1) is 16.2. The Morgan fingerprint density at radius 3 is 2.57 bits per heavy atom. The number of nitrogens with one attached hydrogen (secondary N) is 1. The fraction of sp³-hybridized carbons (Fsp3) is 0.286. The van der Waals surface area contributed by atoms with Gasteiger partial charge in [0.05, 0.1) is 23.5 Å². The van der Waals surface area contributed by atoms with Gasteiger partial charge in [0.2, 0.25) is 5.95 Å². The van der Waals surface area contributed by atoms with E-state index < -0.39 is 23.3 Å². The summed E-state index contributed by atoms with van der Waals surface area (Å²) in [5.41, 5.74) is 0.158. The lowest BCUT2D eigenvalue weighted by Crippen LogP contribution is -2.23. The molecule has 0 amide bonds. The number of rotatable bonds is 5. The first-order valence-corrected chi connectivity index (χ1v) is 10.4. The van der Waals surface area contributed by atoms with Crippen LogP contribution in [0.25, 0.3) is 17.0 Å². The van der Waals surface area contributed by atoms with Gasteiger partial charge in [-0.25, -0.2) is 14.5 Å². The molecule has 1 atom stereocenters. The van der Waals surface area contributed by atoms with Crippen LogP contribution in [0, 0.1) is 5.92 Å². The van der Waals surface area contributed by atoms with E-state index >= 15 is 0 Å². The van der Waals surface area contributed by atoms with Crippen molar-refractivity contribution in [3.8, 4) is 5.95 Å². The number of fused-ring (bicyclic) bond motifs is 1. The Bertz CT molecular complexity index is 1430. The van der Waals surface area contributed by atoms with Crippen LogP contribution in [0.2, 0.25) is 0 Å². The van der Waals surface area contributed by atoms with Crippen LogP contribution in [0.4, 0.5) is 18.9 Å². The summed E-state index contributed by atoms with van der Waals surface area (Å²) >= 11 is 0. The minimum absolute atomic E-state index is 0. The fourth-order valence-electron chi connectivity index (χ4n) is 4.11. The maximum atomic E-state index is 12.8. The number of alkyl halides is 3. The molecule has 0 saturated carbocycles. The van der Waals surface area contributed by atoms with Crippen LogP contribution < -0.4 is 10.5 Å². The molecule has 35 heavy (non-hydrogen) atoms. The topological polar surface area (TPSA) is 122 Å². The molecule has 14 heteroatoms. The van der Waals surface area contributed by atoms with Crippen LogP contribution in [0.15, 0.2) is 47.7 Å². The van der Waals surface area contributed by atoms with Crippen molar-refractivity contribution in [1.82, 2.24) is 29.5 Å². The number of aromatic carboxylic acids is 1. The van der Waals surface area contributed by atoms with Crippen molar-refractivity contribution in [3.05, 3.63) is 64.3 Å². The average Bonchev–Trinajstić information content (AvgIpc) is 3.54. The number of carboxylic acid groups (broad SMARTS) is 1. The van der Waals surface area contributed by atoms with E-state index in [1.807, 2.05) is 4.90 Å². The number of halogens is 3. The molecule has 0 bridgehead atoms. The van der Waals surface area contributed by atoms with Crippen LogP contribution in [-0.2, 0) is 12.7 Å². The number of carbonyl (C=O) groups is 1. The molecule has 3 aromatic heterocycles. The lowest BCUT2D eigenvalue weighted by atomic mass is 10.1. The van der Waals surface area contributed by atoms with Gasteiger partial charge in [-0.3, -0.25) is 14.5 Å². The predicted octanol–water partition coefficient (Wildman–Crippen LogP) is 2.66. The Morgan fingerprint density at radius 1 is 1.17 bits per heavy atom. The number of aromatic nitrogens is 6. The second kappa shape index (κ2) is 9.09. The lowest BCUT2D eigenvalue weighted by Gasteiger charge is -2.19. The van der Waals surface area contributed by atoms with Gasteiger partial charge < -0.3 is 10.0 Å². The minimum atomic E-state index is -4.37. The molecule has 4 heterocycles. The Kier molecular flexibility index (Phi) is 6.32. The van der Waals surface area contributed by atoms with Gasteiger partial charge in [-0.1, -0.05) is 0 Å². The van der Waals surface area contributed by atoms with Gasteiger partial charge in [-0.2, -0.15) is 36.9 Å². The van der Waals surface area contributed by atoms with Gasteiger partial charge in [-0.05, 0) is 36.6 Å². The molecule has 1 aliphatic rings. The zero-order chi connectivity index (χ0) is 24.0. The van der Waals surface area contributed by atoms with Crippen LogP contribution >= 0.6 is 13.5 Å². The Hall–Kier alpha value is -3.81. The summed E-state index contributed by atoms with van der Waals surface area (Å²) in [6.07, 6.45) is 0.267. The van der Waals surface area contributed by atoms with E-state index in [-0.39, 0.29) is 36.4 Å². The Labute approximate surface area is 202 Å². The summed E-state index contributed by atoms with van der Waals surface area (Å²) in [6, 6.07) is 5.09. The van der Waals surface area contributed by atoms with E-state index in [9.17, 15) is 22.8 Å². The largest absolute Gasteiger partial charge is 0.478 e. The predicted molar refractivity (Wildman–Crippen MR) is 124 cm³/mol. The molecular formula is C21H20F3N7O3S. The monoisotopic (exact) mass is 507 g/mol. The highest BCUT2D eigenvalue weighted by Crippen LogP contribution is 2.32. The molecule has 4 aromatic rings. The van der Waals surface area contributed by atoms with Gasteiger partial charge in [0.15, 0.2) is 5.52 Å². The third kappa shape index (κ3) is 4.73. The van der Waals surface area contributed by atoms with E-state index in [0.29, 0.717) is 30.8 Å². The maximum Gasteiger partial charge on any atom is 0.416 e. The molecular weight excluding hydrogens is 487 g/mol. The lowest BCUT2D eigenvalue weighted by molar-refractivity contribution is -0.137. The van der Waals surface area contributed by atoms with Crippen LogP contribution in [0.1, 0.15) is 22.3 Å². The SMILES string of the molecule is O=C(O)c1cnn(-c2nc3cnn(C[C@H]4CCN(c5ccc(C(F)(F)F)cc5)C4)c3c(=O)[nH]2)c1.S. The zero-order valence-electron chi connectivity index (χ0n) is 18.0. The second-order valence-electron chi connectivity index (χ2n) is 8.07. The molecule has 5 rings (SSSR count). The molecule has 10 nitrogen and oxygen atoms in total. The number of benzene rings is 1. The average molecular weight is 507 g/mol. The maximum absolute atomic E-state index is 12.8. The number of aromatic amines is 1. The third-order valence-corrected chi connectivity index (χ3v) is 5.81. The molecule has 1 aromatic carbocycles. The summed E-state index contributed by atoms with van der Waals surface area (Å²) in [5.74, 6) is -0.947. The number of anilines is 1. The molecule has 184 valence electrons. The Morgan fingerprint density at radius 2 is 1.91 bits per heavy atom. The van der Waals surface area contributed by atoms with E-state index in [4.69, 9.17) is 5.11 Å². The van der Waals surface area contributed by atoms with Gasteiger partial charge in [-0.15, -0.1) is 0 Å². The standard InChI is InChI=1S/C21H18F3N7O3.H2S/c22-21(23,24)14-1-3-15(4-2-14)29-6-5-12(9-29)10-30-17-16(8-26-30)27-20(28-18(17)32)31-11-13(7-25-31)19(33)34;/h1-4,7-8,11-12H,5-6,9-10H2,(H,33,34)(H,27,28,32);1H2/t12-;/m0./s1. The van der Waals surface area contributed by atoms with Gasteiger partial charge >= 0.3 is 12.1 Å². The van der Waals surface area contributed by atoms with Crippen molar-refractivity contribution in [3.63, 3.8) is 0 Å². The highest BCUT2D eigenvalue weighted by Gasteiger charge is 2.31. The van der Waals surface area contributed by atoms with Crippen LogP contribution in [0.5, 0.6) is 0 Å². The molecule has 0 unspecified atom stereocenters. The van der Waals surface area contributed by atoms with E-state index in [0.717, 1.165) is 24.8 Å². The normalized spacial score (nSPS) is 16.0. The summed E-state index contributed by atoms with van der Waals surface area (Å²) in [7, 11) is 0. The summed E-state index contributed by atoms with van der Waals surface area (Å²) in [5, 5.41) is 17.2. The van der Waals surface area contributed by atoms with Crippen LogP contribution in [0.3, 0.4) is 0 Å². The molecule has 2 N–H and O–H groups in total. The number of carboxylic acids is 1. The van der Waals surface area contributed by atoms with Crippen molar-refractivity contribution < 1.29 is 23.1 Å². The fourth-order valence-corrected chi connectivity index (χ4v) is 4.11. The molecule has 0 radical (unpaired) electrons. The van der Waals surface area contributed by atoms with Crippen molar-refractivity contribution >= 4 is 36.2 Å². The molecule has 0 spiro atoms. The second-order valence-corrected chi connectivity index (χ2v) is 8.07. The number of hydrogen-bond acceptors (Lipinski definition) is 6. The van der Waals surface area contributed by atoms with Crippen molar-refractivity contribution in [1.29, 1.82) is 0 Å². The summed E-state index contributed by atoms with van der Waals surface area (Å²) in [4.78, 5) is 32.7. The first kappa shape index (κ1) is 24.3. The van der Waals surface area contributed by atoms with E-state index in [1.165, 1.54) is 29.2 Å². The molecule has 1 aliphatic heterocycles. The third-order valence-electron chi connectivity index (χ3n) is 5.81. The highest BCUT2D eigenvalue weighted by atomic mass is 32.1. The van der Waals surface area contributed by atoms with Gasteiger partial charge in [0, 0.05) is 31.5 Å². The quantitative estimate of drug-likeness (QED) is 0.426. The number of nitrogens with zero attached hydrogens (tertiary/aromatic N) is 6. The van der Waals surface area contributed by atoms with Crippen molar-refractivity contribution in [2.24, 2.45) is 5.92 Å². The zero-order valence-corrected chi connectivity index (χ0v) is 19.0. The number of H-pyrrole nitrogens is 1. The number of hydrogen-bond donors (Lipinski definition) is 2. The van der Waals surface area contributed by atoms with Gasteiger partial charge in [0.25, 0.3) is 5.56 Å². The molecule has 1 fully saturated rings. The van der Waals surface area contributed by atoms with Crippen LogP contribution in [-0.4, -0.2) is 53.7 Å². The smallest absolute Gasteiger partial charge is 0.416 e. The summed E-state index contributed by atoms with van der Waals surface area (Å²) in [6.45, 7) is 1.73.